The van der Waals surface area contributed by atoms with Gasteiger partial charge in [0, 0.05) is 0 Å². The Balaban J connectivity index is 1.83. The molecule has 0 aromatic heterocycles. The summed E-state index contributed by atoms with van der Waals surface area (Å²) in [5.41, 5.74) is 11.2. The van der Waals surface area contributed by atoms with Crippen LogP contribution in [0.2, 0.25) is 9.26 Å². The fourth-order valence-corrected chi connectivity index (χ4v) is 24.2. The van der Waals surface area contributed by atoms with Crippen LogP contribution in [0.5, 0.6) is 0 Å². The predicted molar refractivity (Wildman–Crippen MR) is 162 cm³/mol. The molecule has 0 saturated heterocycles. The molecule has 4 aromatic rings. The Bertz CT molecular complexity index is 1620. The molecule has 0 N–H and O–H groups in total. The molecular formula is C36H37NZr. The van der Waals surface area contributed by atoms with Gasteiger partial charge in [0.2, 0.25) is 0 Å². The van der Waals surface area contributed by atoms with Gasteiger partial charge in [-0.15, -0.1) is 0 Å². The van der Waals surface area contributed by atoms with E-state index in [1.54, 1.807) is 6.49 Å². The van der Waals surface area contributed by atoms with Gasteiger partial charge in [-0.25, -0.2) is 0 Å². The number of nitrogens with zero attached hydrogens (tertiary/aromatic N) is 1. The Labute approximate surface area is 228 Å². The molecule has 0 spiro atoms. The zero-order chi connectivity index (χ0) is 26.5. The molecule has 2 aliphatic carbocycles. The summed E-state index contributed by atoms with van der Waals surface area (Å²) in [5, 5.41) is 0. The predicted octanol–water partition coefficient (Wildman–Crippen LogP) is 9.11. The molecule has 0 aliphatic heterocycles. The van der Waals surface area contributed by atoms with E-state index in [1.807, 2.05) is 0 Å². The van der Waals surface area contributed by atoms with Crippen molar-refractivity contribution in [3.63, 3.8) is 0 Å². The van der Waals surface area contributed by atoms with Crippen LogP contribution < -0.4 is 4.90 Å². The molecule has 0 fully saturated rings. The molecule has 6 rings (SSSR count). The maximum absolute atomic E-state index is 4.21. The van der Waals surface area contributed by atoms with Crippen LogP contribution in [0.25, 0.3) is 11.1 Å². The Kier molecular flexibility index (Phi) is 6.16. The van der Waals surface area contributed by atoms with Crippen molar-refractivity contribution in [2.75, 3.05) is 19.0 Å². The van der Waals surface area contributed by atoms with Gasteiger partial charge >= 0.3 is 230 Å². The summed E-state index contributed by atoms with van der Waals surface area (Å²) >= 11 is -4.21. The first-order chi connectivity index (χ1) is 18.3. The maximum atomic E-state index is 2.73. The van der Waals surface area contributed by atoms with Gasteiger partial charge in [0.25, 0.3) is 0 Å². The summed E-state index contributed by atoms with van der Waals surface area (Å²) in [5.74, 6) is 0. The van der Waals surface area contributed by atoms with Gasteiger partial charge < -0.3 is 0 Å². The summed E-state index contributed by atoms with van der Waals surface area (Å²) in [6.45, 7) is 2.27. The van der Waals surface area contributed by atoms with Crippen LogP contribution in [-0.4, -0.2) is 17.3 Å². The van der Waals surface area contributed by atoms with Crippen molar-refractivity contribution in [3.05, 3.63) is 146 Å². The van der Waals surface area contributed by atoms with Crippen molar-refractivity contribution in [1.29, 1.82) is 0 Å². The van der Waals surface area contributed by atoms with E-state index in [0.29, 0.717) is 3.63 Å². The van der Waals surface area contributed by atoms with Gasteiger partial charge in [-0.2, -0.15) is 0 Å². The molecule has 0 radical (unpaired) electrons. The van der Waals surface area contributed by atoms with Crippen LogP contribution in [0.3, 0.4) is 0 Å². The van der Waals surface area contributed by atoms with Gasteiger partial charge in [0.05, 0.1) is 0 Å². The second-order valence-electron chi connectivity index (χ2n) is 12.1. The number of rotatable bonds is 5. The number of allylic oxidation sites excluding steroid dienone is 4. The number of anilines is 1. The molecule has 1 atom stereocenters. The molecule has 1 nitrogen and oxygen atoms in total. The van der Waals surface area contributed by atoms with Crippen LogP contribution in [0.1, 0.15) is 39.2 Å². The van der Waals surface area contributed by atoms with Crippen molar-refractivity contribution >= 4 is 8.89 Å². The third-order valence-electron chi connectivity index (χ3n) is 9.22. The Morgan fingerprint density at radius 1 is 0.711 bits per heavy atom. The van der Waals surface area contributed by atoms with Gasteiger partial charge in [-0.05, 0) is 0 Å². The third-order valence-corrected chi connectivity index (χ3v) is 25.9. The quantitative estimate of drug-likeness (QED) is 0.230. The zero-order valence-electron chi connectivity index (χ0n) is 23.2. The molecule has 0 heterocycles. The van der Waals surface area contributed by atoms with Crippen LogP contribution in [0.4, 0.5) is 5.69 Å². The molecular weight excluding hydrogens is 538 g/mol. The number of benzene rings is 4. The van der Waals surface area contributed by atoms with Crippen LogP contribution in [0, 0.1) is 0 Å². The standard InChI is InChI=1S/C15H14N.C13H10.C6H7.2CH3.Zr/c1-16(2)13-7-8-15-12(10-13)9-11-5-3-4-6-14(11)15;1-3-7-12(8-4-1)11-13-9-5-2-6-10-13;1-6-4-2-3-5-6;;;/h3-10H,1-2H3;1-10H;4-5H,2H2,1H3;2*1H3;. The average Bonchev–Trinajstić information content (AvgIpc) is 3.52. The summed E-state index contributed by atoms with van der Waals surface area (Å²) in [7, 11) is 4.31. The first-order valence-electron chi connectivity index (χ1n) is 13.7. The fraction of sp³-hybridized carbons (Fsp3) is 0.194. The van der Waals surface area contributed by atoms with Crippen molar-refractivity contribution in [2.24, 2.45) is 0 Å². The van der Waals surface area contributed by atoms with Gasteiger partial charge in [0.1, 0.15) is 0 Å². The van der Waals surface area contributed by atoms with E-state index >= 15 is 0 Å². The minimum atomic E-state index is -4.21. The van der Waals surface area contributed by atoms with E-state index < -0.39 is 18.3 Å². The molecule has 0 amide bonds. The van der Waals surface area contributed by atoms with Crippen LogP contribution in [0.15, 0.2) is 124 Å². The Morgan fingerprint density at radius 3 is 1.87 bits per heavy atom. The van der Waals surface area contributed by atoms with Crippen molar-refractivity contribution in [3.8, 4) is 11.1 Å². The van der Waals surface area contributed by atoms with Crippen molar-refractivity contribution in [1.82, 2.24) is 0 Å². The number of hydrogen-bond donors (Lipinski definition) is 0. The Hall–Kier alpha value is -3.09. The monoisotopic (exact) mass is 573 g/mol. The van der Waals surface area contributed by atoms with E-state index in [0.717, 1.165) is 6.42 Å². The minimum absolute atomic E-state index is 0.350. The first kappa shape index (κ1) is 25.2. The van der Waals surface area contributed by atoms with Gasteiger partial charge in [-0.1, -0.05) is 0 Å². The van der Waals surface area contributed by atoms with Crippen molar-refractivity contribution < 1.29 is 18.3 Å². The van der Waals surface area contributed by atoms with E-state index in [-0.39, 0.29) is 0 Å². The normalized spacial score (nSPS) is 16.4. The number of hydrogen-bond acceptors (Lipinski definition) is 1. The summed E-state index contributed by atoms with van der Waals surface area (Å²) in [4.78, 5) is 2.25. The van der Waals surface area contributed by atoms with E-state index in [1.165, 1.54) is 44.6 Å². The molecule has 4 aromatic carbocycles. The van der Waals surface area contributed by atoms with Gasteiger partial charge in [-0.3, -0.25) is 0 Å². The van der Waals surface area contributed by atoms with Gasteiger partial charge in [0.15, 0.2) is 0 Å². The molecule has 0 saturated carbocycles. The second kappa shape index (κ2) is 9.28. The first-order valence-corrected chi connectivity index (χ1v) is 22.5. The SMILES string of the molecule is CC1=CC[C]([Zr]([CH3])([CH3])(=[C](c2ccccc2)c2ccccc2)[CH]2c3ccccc3-c3ccc(N(C)C)cc32)=C1. The van der Waals surface area contributed by atoms with Crippen LogP contribution in [-0.2, 0) is 18.3 Å². The molecule has 2 heteroatoms. The average molecular weight is 575 g/mol. The fourth-order valence-electron chi connectivity index (χ4n) is 7.36. The third kappa shape index (κ3) is 3.80. The topological polar surface area (TPSA) is 3.24 Å². The van der Waals surface area contributed by atoms with E-state index in [4.69, 9.17) is 0 Å². The molecule has 2 aliphatic rings. The summed E-state index contributed by atoms with van der Waals surface area (Å²) < 4.78 is 9.07. The van der Waals surface area contributed by atoms with E-state index in [2.05, 4.69) is 150 Å². The zero-order valence-corrected chi connectivity index (χ0v) is 25.7. The van der Waals surface area contributed by atoms with Crippen molar-refractivity contribution in [2.45, 2.75) is 26.2 Å². The Morgan fingerprint density at radius 2 is 1.29 bits per heavy atom. The molecule has 190 valence electrons. The van der Waals surface area contributed by atoms with E-state index in [9.17, 15) is 0 Å². The molecule has 1 unspecified atom stereocenters. The second-order valence-corrected chi connectivity index (χ2v) is 28.6. The number of fused-ring (bicyclic) bond motifs is 3. The van der Waals surface area contributed by atoms with Crippen LogP contribution >= 0.6 is 0 Å². The molecule has 0 bridgehead atoms. The summed E-state index contributed by atoms with van der Waals surface area (Å²) in [6, 6.07) is 38.9. The summed E-state index contributed by atoms with van der Waals surface area (Å²) in [6.07, 6.45) is 6.05. The molecule has 38 heavy (non-hydrogen) atoms.